The Bertz CT molecular complexity index is 955. The second-order valence-electron chi connectivity index (χ2n) is 8.41. The zero-order chi connectivity index (χ0) is 21.7. The topological polar surface area (TPSA) is 78.7 Å². The normalized spacial score (nSPS) is 20.1. The third-order valence-electron chi connectivity index (χ3n) is 5.71. The zero-order valence-corrected chi connectivity index (χ0v) is 18.7. The van der Waals surface area contributed by atoms with E-state index in [1.165, 1.54) is 16.6 Å². The molecule has 0 aliphatic heterocycles. The van der Waals surface area contributed by atoms with Crippen LogP contribution in [0.25, 0.3) is 10.9 Å². The Balaban J connectivity index is 1.68. The van der Waals surface area contributed by atoms with Crippen LogP contribution in [0.1, 0.15) is 63.6 Å². The number of carbonyl (C=O) groups is 1. The smallest absolute Gasteiger partial charge is 0.271 e. The van der Waals surface area contributed by atoms with Crippen LogP contribution in [0.5, 0.6) is 0 Å². The van der Waals surface area contributed by atoms with E-state index in [2.05, 4.69) is 65.9 Å². The monoisotopic (exact) mass is 407 g/mol. The standard InChI is InChI=1S/C24H33N5O/c1-6-20(29-25-5)24(30)27-18-10-8-17(9-11-18)26-23-14-22(15(2)3)28-21-12-7-16(4)13-19(21)23/h6-7,12-15,17-18H,8-11H2,1-5H3,(H,26,28)(H,27,30)/b20-6-,29-25?. The molecule has 0 bridgehead atoms. The van der Waals surface area contributed by atoms with Gasteiger partial charge in [-0.2, -0.15) is 10.2 Å². The van der Waals surface area contributed by atoms with Crippen LogP contribution in [0.3, 0.4) is 0 Å². The van der Waals surface area contributed by atoms with Crippen molar-refractivity contribution >= 4 is 22.5 Å². The van der Waals surface area contributed by atoms with Crippen molar-refractivity contribution in [1.82, 2.24) is 10.3 Å². The highest BCUT2D eigenvalue weighted by molar-refractivity contribution is 5.93. The molecule has 0 saturated heterocycles. The quantitative estimate of drug-likeness (QED) is 0.491. The van der Waals surface area contributed by atoms with Gasteiger partial charge in [0.05, 0.1) is 5.52 Å². The van der Waals surface area contributed by atoms with Gasteiger partial charge in [0, 0.05) is 35.9 Å². The van der Waals surface area contributed by atoms with Gasteiger partial charge in [0.15, 0.2) is 0 Å². The van der Waals surface area contributed by atoms with Gasteiger partial charge in [-0.25, -0.2) is 0 Å². The minimum Gasteiger partial charge on any atom is -0.382 e. The van der Waals surface area contributed by atoms with Crippen molar-refractivity contribution in [3.63, 3.8) is 0 Å². The van der Waals surface area contributed by atoms with Gasteiger partial charge in [0.25, 0.3) is 5.91 Å². The molecule has 6 heteroatoms. The summed E-state index contributed by atoms with van der Waals surface area (Å²) in [5.74, 6) is 0.236. The highest BCUT2D eigenvalue weighted by Gasteiger charge is 2.24. The van der Waals surface area contributed by atoms with Crippen molar-refractivity contribution in [2.45, 2.75) is 71.4 Å². The Kier molecular flexibility index (Phi) is 7.19. The fourth-order valence-electron chi connectivity index (χ4n) is 3.98. The van der Waals surface area contributed by atoms with Crippen LogP contribution in [0, 0.1) is 6.92 Å². The van der Waals surface area contributed by atoms with Crippen LogP contribution in [-0.2, 0) is 4.79 Å². The fraction of sp³-hybridized carbons (Fsp3) is 0.500. The number of aryl methyl sites for hydroxylation is 1. The molecule has 1 saturated carbocycles. The van der Waals surface area contributed by atoms with E-state index in [1.54, 1.807) is 20.0 Å². The summed E-state index contributed by atoms with van der Waals surface area (Å²) < 4.78 is 0. The Morgan fingerprint density at radius 3 is 2.50 bits per heavy atom. The lowest BCUT2D eigenvalue weighted by molar-refractivity contribution is -0.118. The molecule has 1 aromatic heterocycles. The van der Waals surface area contributed by atoms with E-state index in [4.69, 9.17) is 4.98 Å². The van der Waals surface area contributed by atoms with Gasteiger partial charge in [-0.3, -0.25) is 9.78 Å². The number of hydrogen-bond acceptors (Lipinski definition) is 5. The minimum absolute atomic E-state index is 0.142. The summed E-state index contributed by atoms with van der Waals surface area (Å²) in [5, 5.41) is 15.7. The molecule has 1 amide bonds. The number of allylic oxidation sites excluding steroid dienone is 1. The van der Waals surface area contributed by atoms with Crippen LogP contribution in [0.4, 0.5) is 5.69 Å². The first-order valence-corrected chi connectivity index (χ1v) is 10.9. The molecular weight excluding hydrogens is 374 g/mol. The van der Waals surface area contributed by atoms with Gasteiger partial charge in [-0.05, 0) is 63.6 Å². The van der Waals surface area contributed by atoms with Crippen molar-refractivity contribution in [2.24, 2.45) is 10.2 Å². The number of benzene rings is 1. The lowest BCUT2D eigenvalue weighted by atomic mass is 9.90. The summed E-state index contributed by atoms with van der Waals surface area (Å²) in [6.45, 7) is 8.27. The van der Waals surface area contributed by atoms with Gasteiger partial charge in [0.1, 0.15) is 5.70 Å². The molecule has 0 atom stereocenters. The molecule has 30 heavy (non-hydrogen) atoms. The number of anilines is 1. The van der Waals surface area contributed by atoms with E-state index in [1.807, 2.05) is 0 Å². The molecule has 3 rings (SSSR count). The molecule has 160 valence electrons. The first-order valence-electron chi connectivity index (χ1n) is 10.9. The Hall–Kier alpha value is -2.76. The number of azo groups is 1. The van der Waals surface area contributed by atoms with Crippen LogP contribution in [-0.4, -0.2) is 30.0 Å². The van der Waals surface area contributed by atoms with Crippen molar-refractivity contribution in [3.05, 3.63) is 47.3 Å². The van der Waals surface area contributed by atoms with E-state index in [0.717, 1.165) is 36.9 Å². The summed E-state index contributed by atoms with van der Waals surface area (Å²) >= 11 is 0. The van der Waals surface area contributed by atoms with Crippen molar-refractivity contribution in [2.75, 3.05) is 12.4 Å². The van der Waals surface area contributed by atoms with Crippen LogP contribution >= 0.6 is 0 Å². The lowest BCUT2D eigenvalue weighted by Crippen LogP contribution is -2.40. The third kappa shape index (κ3) is 5.23. The number of pyridine rings is 1. The second-order valence-corrected chi connectivity index (χ2v) is 8.41. The number of nitrogens with zero attached hydrogens (tertiary/aromatic N) is 3. The average Bonchev–Trinajstić information content (AvgIpc) is 2.73. The molecule has 1 aromatic carbocycles. The third-order valence-corrected chi connectivity index (χ3v) is 5.71. The van der Waals surface area contributed by atoms with Gasteiger partial charge in [-0.15, -0.1) is 0 Å². The number of amides is 1. The summed E-state index contributed by atoms with van der Waals surface area (Å²) in [4.78, 5) is 17.2. The number of aromatic nitrogens is 1. The molecular formula is C24H33N5O. The molecule has 1 fully saturated rings. The highest BCUT2D eigenvalue weighted by atomic mass is 16.2. The maximum Gasteiger partial charge on any atom is 0.271 e. The minimum atomic E-state index is -0.142. The summed E-state index contributed by atoms with van der Waals surface area (Å²) in [7, 11) is 1.57. The highest BCUT2D eigenvalue weighted by Crippen LogP contribution is 2.30. The maximum atomic E-state index is 12.3. The average molecular weight is 408 g/mol. The van der Waals surface area contributed by atoms with Crippen LogP contribution in [0.2, 0.25) is 0 Å². The Morgan fingerprint density at radius 1 is 1.17 bits per heavy atom. The first-order chi connectivity index (χ1) is 14.4. The van der Waals surface area contributed by atoms with Crippen molar-refractivity contribution < 1.29 is 4.79 Å². The number of hydrogen-bond donors (Lipinski definition) is 2. The van der Waals surface area contributed by atoms with E-state index < -0.39 is 0 Å². The SMILES string of the molecule is C/C=C(\N=NC)C(=O)NC1CCC(Nc2cc(C(C)C)nc3ccc(C)cc23)CC1. The summed E-state index contributed by atoms with van der Waals surface area (Å²) in [6, 6.07) is 9.21. The molecule has 1 aliphatic rings. The molecule has 0 spiro atoms. The predicted octanol–water partition coefficient (Wildman–Crippen LogP) is 5.49. The summed E-state index contributed by atoms with van der Waals surface area (Å²) in [6.07, 6.45) is 5.61. The summed E-state index contributed by atoms with van der Waals surface area (Å²) in [5.41, 5.74) is 4.93. The number of carbonyl (C=O) groups excluding carboxylic acids is 1. The molecule has 2 aromatic rings. The van der Waals surface area contributed by atoms with E-state index >= 15 is 0 Å². The van der Waals surface area contributed by atoms with E-state index in [9.17, 15) is 4.79 Å². The first kappa shape index (κ1) is 21.9. The maximum absolute atomic E-state index is 12.3. The zero-order valence-electron chi connectivity index (χ0n) is 18.7. The molecule has 6 nitrogen and oxygen atoms in total. The molecule has 1 aliphatic carbocycles. The van der Waals surface area contributed by atoms with Gasteiger partial charge < -0.3 is 10.6 Å². The Morgan fingerprint density at radius 2 is 1.87 bits per heavy atom. The molecule has 0 radical (unpaired) electrons. The van der Waals surface area contributed by atoms with Crippen molar-refractivity contribution in [3.8, 4) is 0 Å². The second kappa shape index (κ2) is 9.83. The molecule has 0 unspecified atom stereocenters. The fourth-order valence-corrected chi connectivity index (χ4v) is 3.98. The number of rotatable bonds is 6. The van der Waals surface area contributed by atoms with Gasteiger partial charge in [-0.1, -0.05) is 31.6 Å². The molecule has 1 heterocycles. The Labute approximate surface area is 179 Å². The predicted molar refractivity (Wildman–Crippen MR) is 123 cm³/mol. The van der Waals surface area contributed by atoms with E-state index in [-0.39, 0.29) is 11.9 Å². The molecule has 2 N–H and O–H groups in total. The van der Waals surface area contributed by atoms with Crippen LogP contribution in [0.15, 0.2) is 46.3 Å². The lowest BCUT2D eigenvalue weighted by Gasteiger charge is -2.30. The van der Waals surface area contributed by atoms with Crippen LogP contribution < -0.4 is 10.6 Å². The van der Waals surface area contributed by atoms with Gasteiger partial charge in [0.2, 0.25) is 0 Å². The number of fused-ring (bicyclic) bond motifs is 1. The van der Waals surface area contributed by atoms with E-state index in [0.29, 0.717) is 17.7 Å². The number of nitrogens with one attached hydrogen (secondary N) is 2. The van der Waals surface area contributed by atoms with Gasteiger partial charge >= 0.3 is 0 Å². The van der Waals surface area contributed by atoms with Crippen molar-refractivity contribution in [1.29, 1.82) is 0 Å². The largest absolute Gasteiger partial charge is 0.382 e.